The highest BCUT2D eigenvalue weighted by Crippen LogP contribution is 2.47. The molecule has 1 aliphatic rings. The van der Waals surface area contributed by atoms with E-state index in [0.29, 0.717) is 6.42 Å². The number of carbonyl (C=O) groups is 2. The molecule has 0 spiro atoms. The molecule has 1 aliphatic carbocycles. The van der Waals surface area contributed by atoms with Gasteiger partial charge in [-0.3, -0.25) is 18.6 Å². The molecule has 0 saturated heterocycles. The molecular formula is C28H51O13P. The summed E-state index contributed by atoms with van der Waals surface area (Å²) in [5.74, 6) is -1.21. The Hall–Kier alpha value is -1.41. The molecule has 14 heteroatoms. The quantitative estimate of drug-likeness (QED) is 0.0442. The standard InChI is InChI=1S/C28H51O13P/c1-3-5-6-7-8-9-10-11-12-13-14-15-16-17-22(30)40-20(18-38-21(29)4-2)19-39-42(36,37)41-28-26(34)24(32)23(31)25(33)27(28)35/h9-10,20,23-28,31-35H,3-8,11-19H2,1-2H3,(H,36,37)/b10-9-. The molecule has 0 aromatic rings. The average Bonchev–Trinajstić information content (AvgIpc) is 2.96. The number of allylic oxidation sites excluding steroid dienone is 2. The van der Waals surface area contributed by atoms with Crippen molar-refractivity contribution < 1.29 is 63.1 Å². The molecule has 6 unspecified atom stereocenters. The van der Waals surface area contributed by atoms with Crippen LogP contribution >= 0.6 is 7.82 Å². The summed E-state index contributed by atoms with van der Waals surface area (Å²) in [5.41, 5.74) is 0. The molecule has 0 amide bonds. The molecule has 13 nitrogen and oxygen atoms in total. The molecule has 0 aromatic heterocycles. The minimum absolute atomic E-state index is 0.0475. The minimum atomic E-state index is -5.07. The van der Waals surface area contributed by atoms with Crippen molar-refractivity contribution in [3.05, 3.63) is 12.2 Å². The Balaban J connectivity index is 2.45. The van der Waals surface area contributed by atoms with Crippen molar-refractivity contribution in [3.63, 3.8) is 0 Å². The van der Waals surface area contributed by atoms with Crippen LogP contribution in [-0.2, 0) is 32.7 Å². The van der Waals surface area contributed by atoms with Gasteiger partial charge in [0.2, 0.25) is 0 Å². The van der Waals surface area contributed by atoms with Gasteiger partial charge in [-0.2, -0.15) is 0 Å². The Labute approximate surface area is 248 Å². The third-order valence-corrected chi connectivity index (χ3v) is 7.90. The zero-order chi connectivity index (χ0) is 31.5. The van der Waals surface area contributed by atoms with E-state index in [1.54, 1.807) is 6.92 Å². The fraction of sp³-hybridized carbons (Fsp3) is 0.857. The second-order valence-electron chi connectivity index (χ2n) is 10.6. The van der Waals surface area contributed by atoms with Crippen LogP contribution in [0.1, 0.15) is 97.3 Å². The van der Waals surface area contributed by atoms with Gasteiger partial charge < -0.3 is 39.9 Å². The van der Waals surface area contributed by atoms with Crippen molar-refractivity contribution in [2.75, 3.05) is 13.2 Å². The second-order valence-corrected chi connectivity index (χ2v) is 12.0. The lowest BCUT2D eigenvalue weighted by molar-refractivity contribution is -0.220. The normalized spacial score (nSPS) is 26.6. The van der Waals surface area contributed by atoms with Crippen LogP contribution in [0.4, 0.5) is 0 Å². The number of rotatable bonds is 22. The highest BCUT2D eigenvalue weighted by atomic mass is 31.2. The van der Waals surface area contributed by atoms with E-state index in [-0.39, 0.29) is 12.8 Å². The number of aliphatic hydroxyl groups excluding tert-OH is 5. The van der Waals surface area contributed by atoms with E-state index in [1.165, 1.54) is 25.7 Å². The zero-order valence-electron chi connectivity index (χ0n) is 24.8. The van der Waals surface area contributed by atoms with E-state index >= 15 is 0 Å². The lowest BCUT2D eigenvalue weighted by atomic mass is 9.85. The third-order valence-electron chi connectivity index (χ3n) is 6.91. The molecule has 0 aliphatic heterocycles. The summed E-state index contributed by atoms with van der Waals surface area (Å²) in [6.45, 7) is 2.56. The van der Waals surface area contributed by atoms with Gasteiger partial charge in [0, 0.05) is 12.8 Å². The maximum absolute atomic E-state index is 12.5. The summed E-state index contributed by atoms with van der Waals surface area (Å²) in [6, 6.07) is 0. The number of phosphoric ester groups is 1. The van der Waals surface area contributed by atoms with Crippen LogP contribution in [-0.4, -0.2) is 98.3 Å². The highest BCUT2D eigenvalue weighted by Gasteiger charge is 2.51. The van der Waals surface area contributed by atoms with Gasteiger partial charge in [0.1, 0.15) is 43.2 Å². The van der Waals surface area contributed by atoms with Gasteiger partial charge in [-0.1, -0.05) is 64.5 Å². The van der Waals surface area contributed by atoms with Crippen LogP contribution in [0, 0.1) is 0 Å². The number of unbranched alkanes of at least 4 members (excludes halogenated alkanes) is 9. The van der Waals surface area contributed by atoms with Crippen LogP contribution in [0.3, 0.4) is 0 Å². The van der Waals surface area contributed by atoms with E-state index in [1.807, 2.05) is 0 Å². The number of carbonyl (C=O) groups excluding carboxylic acids is 2. The molecule has 0 radical (unpaired) electrons. The molecular weight excluding hydrogens is 575 g/mol. The largest absolute Gasteiger partial charge is 0.472 e. The maximum atomic E-state index is 12.5. The van der Waals surface area contributed by atoms with Gasteiger partial charge >= 0.3 is 19.8 Å². The van der Waals surface area contributed by atoms with Crippen molar-refractivity contribution in [3.8, 4) is 0 Å². The lowest BCUT2D eigenvalue weighted by Gasteiger charge is -2.41. The molecule has 1 fully saturated rings. The predicted molar refractivity (Wildman–Crippen MR) is 152 cm³/mol. The van der Waals surface area contributed by atoms with Crippen molar-refractivity contribution in [1.82, 2.24) is 0 Å². The lowest BCUT2D eigenvalue weighted by Crippen LogP contribution is -2.64. The Morgan fingerprint density at radius 2 is 1.26 bits per heavy atom. The fourth-order valence-corrected chi connectivity index (χ4v) is 5.29. The minimum Gasteiger partial charge on any atom is -0.462 e. The van der Waals surface area contributed by atoms with Crippen molar-refractivity contribution in [2.24, 2.45) is 0 Å². The predicted octanol–water partition coefficient (Wildman–Crippen LogP) is 2.43. The van der Waals surface area contributed by atoms with Crippen LogP contribution in [0.5, 0.6) is 0 Å². The first-order valence-corrected chi connectivity index (χ1v) is 16.5. The smallest absolute Gasteiger partial charge is 0.462 e. The number of phosphoric acid groups is 1. The molecule has 1 saturated carbocycles. The summed E-state index contributed by atoms with van der Waals surface area (Å²) < 4.78 is 32.3. The van der Waals surface area contributed by atoms with Gasteiger partial charge in [-0.05, 0) is 32.1 Å². The molecule has 246 valence electrons. The summed E-state index contributed by atoms with van der Waals surface area (Å²) in [5, 5.41) is 49.2. The SMILES string of the molecule is CCCCCC/C=C\CCCCCCCC(=O)OC(COC(=O)CC)COP(=O)(O)OC1C(O)C(O)C(O)C(O)C1O. The average molecular weight is 627 g/mol. The Morgan fingerprint density at radius 3 is 1.83 bits per heavy atom. The van der Waals surface area contributed by atoms with Gasteiger partial charge in [-0.25, -0.2) is 4.57 Å². The van der Waals surface area contributed by atoms with E-state index in [0.717, 1.165) is 38.5 Å². The first-order chi connectivity index (χ1) is 19.9. The van der Waals surface area contributed by atoms with E-state index in [2.05, 4.69) is 19.1 Å². The van der Waals surface area contributed by atoms with Gasteiger partial charge in [-0.15, -0.1) is 0 Å². The van der Waals surface area contributed by atoms with Crippen LogP contribution in [0.15, 0.2) is 12.2 Å². The number of esters is 2. The topological polar surface area (TPSA) is 210 Å². The molecule has 1 rings (SSSR count). The van der Waals surface area contributed by atoms with Gasteiger partial charge in [0.25, 0.3) is 0 Å². The zero-order valence-corrected chi connectivity index (χ0v) is 25.7. The van der Waals surface area contributed by atoms with Gasteiger partial charge in [0.05, 0.1) is 6.61 Å². The first kappa shape index (κ1) is 38.6. The molecule has 6 atom stereocenters. The third kappa shape index (κ3) is 15.4. The molecule has 0 bridgehead atoms. The molecule has 6 N–H and O–H groups in total. The Bertz CT molecular complexity index is 823. The summed E-state index contributed by atoms with van der Waals surface area (Å²) >= 11 is 0. The molecule has 0 heterocycles. The number of ether oxygens (including phenoxy) is 2. The van der Waals surface area contributed by atoms with Crippen LogP contribution in [0.2, 0.25) is 0 Å². The van der Waals surface area contributed by atoms with Gasteiger partial charge in [0.15, 0.2) is 6.10 Å². The van der Waals surface area contributed by atoms with E-state index in [9.17, 15) is 44.6 Å². The molecule has 42 heavy (non-hydrogen) atoms. The number of hydrogen-bond acceptors (Lipinski definition) is 12. The van der Waals surface area contributed by atoms with Crippen molar-refractivity contribution in [1.29, 1.82) is 0 Å². The Morgan fingerprint density at radius 1 is 0.738 bits per heavy atom. The number of hydrogen-bond donors (Lipinski definition) is 6. The fourth-order valence-electron chi connectivity index (χ4n) is 4.32. The van der Waals surface area contributed by atoms with E-state index < -0.39 is 75.7 Å². The Kier molecular flexibility index (Phi) is 19.6. The first-order valence-electron chi connectivity index (χ1n) is 15.0. The van der Waals surface area contributed by atoms with Crippen molar-refractivity contribution >= 4 is 19.8 Å². The van der Waals surface area contributed by atoms with E-state index in [4.69, 9.17) is 18.5 Å². The highest BCUT2D eigenvalue weighted by molar-refractivity contribution is 7.47. The maximum Gasteiger partial charge on any atom is 0.472 e. The number of aliphatic hydroxyl groups is 5. The van der Waals surface area contributed by atoms with Crippen LogP contribution in [0.25, 0.3) is 0 Å². The summed E-state index contributed by atoms with van der Waals surface area (Å²) in [7, 11) is -5.07. The second kappa shape index (κ2) is 21.3. The van der Waals surface area contributed by atoms with Crippen molar-refractivity contribution in [2.45, 2.75) is 140 Å². The monoisotopic (exact) mass is 626 g/mol. The molecule has 0 aromatic carbocycles. The summed E-state index contributed by atoms with van der Waals surface area (Å²) in [4.78, 5) is 34.0. The summed E-state index contributed by atoms with van der Waals surface area (Å²) in [6.07, 6.45) is 3.10. The van der Waals surface area contributed by atoms with Crippen LogP contribution < -0.4 is 0 Å².